The monoisotopic (exact) mass is 203 g/mol. The number of fused-ring (bicyclic) bond motifs is 1. The molecule has 3 N–H and O–H groups in total. The lowest BCUT2D eigenvalue weighted by Crippen LogP contribution is -1.97. The summed E-state index contributed by atoms with van der Waals surface area (Å²) in [4.78, 5) is 18.6. The van der Waals surface area contributed by atoms with Crippen LogP contribution in [0, 0.1) is 0 Å². The molecule has 78 valence electrons. The first-order valence-corrected chi connectivity index (χ1v) is 4.99. The molecule has 0 radical (unpaired) electrons. The third kappa shape index (κ3) is 1.83. The van der Waals surface area contributed by atoms with Gasteiger partial charge >= 0.3 is 0 Å². The van der Waals surface area contributed by atoms with Crippen LogP contribution in [0.3, 0.4) is 0 Å². The minimum absolute atomic E-state index is 0.154. The second kappa shape index (κ2) is 3.73. The van der Waals surface area contributed by atoms with Gasteiger partial charge in [-0.3, -0.25) is 4.79 Å². The lowest BCUT2D eigenvalue weighted by Gasteiger charge is -1.98. The number of anilines is 1. The molecule has 0 amide bonds. The maximum atomic E-state index is 11.6. The van der Waals surface area contributed by atoms with Crippen LogP contribution in [-0.4, -0.2) is 15.8 Å². The summed E-state index contributed by atoms with van der Waals surface area (Å²) in [5.41, 5.74) is 7.83. The fourth-order valence-corrected chi connectivity index (χ4v) is 1.57. The first-order valence-electron chi connectivity index (χ1n) is 4.99. The summed E-state index contributed by atoms with van der Waals surface area (Å²) in [6.45, 7) is 1.99. The first-order chi connectivity index (χ1) is 7.20. The Morgan fingerprint density at radius 2 is 2.33 bits per heavy atom. The number of nitrogens with one attached hydrogen (secondary N) is 1. The van der Waals surface area contributed by atoms with Crippen molar-refractivity contribution >= 4 is 22.8 Å². The lowest BCUT2D eigenvalue weighted by atomic mass is 10.1. The highest BCUT2D eigenvalue weighted by molar-refractivity contribution is 5.99. The second-order valence-corrected chi connectivity index (χ2v) is 3.53. The highest BCUT2D eigenvalue weighted by Crippen LogP contribution is 2.16. The van der Waals surface area contributed by atoms with E-state index in [4.69, 9.17) is 5.73 Å². The highest BCUT2D eigenvalue weighted by Gasteiger charge is 2.07. The molecular formula is C11H13N3O. The lowest BCUT2D eigenvalue weighted by molar-refractivity contribution is 0.0982. The van der Waals surface area contributed by atoms with Gasteiger partial charge in [-0.1, -0.05) is 6.92 Å². The molecule has 0 aliphatic heterocycles. The van der Waals surface area contributed by atoms with E-state index in [1.54, 1.807) is 12.1 Å². The molecule has 1 heterocycles. The number of hydrogen-bond donors (Lipinski definition) is 2. The van der Waals surface area contributed by atoms with Crippen molar-refractivity contribution in [2.75, 3.05) is 5.73 Å². The molecule has 0 atom stereocenters. The van der Waals surface area contributed by atoms with E-state index >= 15 is 0 Å². The Labute approximate surface area is 87.5 Å². The van der Waals surface area contributed by atoms with Crippen LogP contribution in [0.15, 0.2) is 18.2 Å². The molecule has 0 unspecified atom stereocenters. The van der Waals surface area contributed by atoms with E-state index in [0.717, 1.165) is 17.5 Å². The smallest absolute Gasteiger partial charge is 0.198 e. The van der Waals surface area contributed by atoms with Gasteiger partial charge in [0.15, 0.2) is 11.7 Å². The first kappa shape index (κ1) is 9.71. The molecule has 0 aliphatic rings. The van der Waals surface area contributed by atoms with Crippen LogP contribution < -0.4 is 5.73 Å². The number of aromatic nitrogens is 2. The Balaban J connectivity index is 2.41. The van der Waals surface area contributed by atoms with E-state index in [-0.39, 0.29) is 5.78 Å². The molecule has 1 aromatic carbocycles. The average molecular weight is 203 g/mol. The number of benzene rings is 1. The van der Waals surface area contributed by atoms with Gasteiger partial charge < -0.3 is 10.7 Å². The predicted octanol–water partition coefficient (Wildman–Crippen LogP) is 2.13. The van der Waals surface area contributed by atoms with Crippen molar-refractivity contribution in [1.29, 1.82) is 0 Å². The van der Waals surface area contributed by atoms with Crippen molar-refractivity contribution in [2.45, 2.75) is 19.8 Å². The summed E-state index contributed by atoms with van der Waals surface area (Å²) >= 11 is 0. The summed E-state index contributed by atoms with van der Waals surface area (Å²) < 4.78 is 0. The SMILES string of the molecule is CCCC(=O)c1ccc2[nH]c(N)nc2c1. The number of nitrogens with two attached hydrogens (primary N) is 1. The minimum Gasteiger partial charge on any atom is -0.369 e. The maximum Gasteiger partial charge on any atom is 0.198 e. The van der Waals surface area contributed by atoms with Crippen molar-refractivity contribution in [3.63, 3.8) is 0 Å². The van der Waals surface area contributed by atoms with Crippen LogP contribution in [0.1, 0.15) is 30.1 Å². The largest absolute Gasteiger partial charge is 0.369 e. The van der Waals surface area contributed by atoms with Crippen molar-refractivity contribution in [2.24, 2.45) is 0 Å². The minimum atomic E-state index is 0.154. The molecule has 0 bridgehead atoms. The summed E-state index contributed by atoms with van der Waals surface area (Å²) in [5, 5.41) is 0. The van der Waals surface area contributed by atoms with Gasteiger partial charge in [-0.05, 0) is 24.6 Å². The zero-order chi connectivity index (χ0) is 10.8. The van der Waals surface area contributed by atoms with Crippen molar-refractivity contribution in [1.82, 2.24) is 9.97 Å². The number of carbonyl (C=O) groups excluding carboxylic acids is 1. The summed E-state index contributed by atoms with van der Waals surface area (Å²) in [6, 6.07) is 5.42. The Morgan fingerprint density at radius 1 is 1.53 bits per heavy atom. The van der Waals surface area contributed by atoms with E-state index in [9.17, 15) is 4.79 Å². The molecule has 4 nitrogen and oxygen atoms in total. The number of aromatic amines is 1. The molecule has 0 saturated heterocycles. The summed E-state index contributed by atoms with van der Waals surface area (Å²) in [6.07, 6.45) is 1.44. The van der Waals surface area contributed by atoms with E-state index in [2.05, 4.69) is 9.97 Å². The zero-order valence-corrected chi connectivity index (χ0v) is 8.58. The quantitative estimate of drug-likeness (QED) is 0.750. The molecule has 15 heavy (non-hydrogen) atoms. The predicted molar refractivity (Wildman–Crippen MR) is 59.7 cm³/mol. The third-order valence-corrected chi connectivity index (χ3v) is 2.30. The molecule has 2 aromatic rings. The van der Waals surface area contributed by atoms with Gasteiger partial charge in [0.2, 0.25) is 0 Å². The van der Waals surface area contributed by atoms with Crippen LogP contribution >= 0.6 is 0 Å². The highest BCUT2D eigenvalue weighted by atomic mass is 16.1. The van der Waals surface area contributed by atoms with Crippen molar-refractivity contribution in [3.05, 3.63) is 23.8 Å². The number of Topliss-reactive ketones (excluding diaryl/α,β-unsaturated/α-hetero) is 1. The number of ketones is 1. The Bertz CT molecular complexity index is 502. The molecule has 0 fully saturated rings. The molecule has 4 heteroatoms. The maximum absolute atomic E-state index is 11.6. The Kier molecular flexibility index (Phi) is 2.41. The van der Waals surface area contributed by atoms with Gasteiger partial charge in [0.1, 0.15) is 0 Å². The Hall–Kier alpha value is -1.84. The average Bonchev–Trinajstić information content (AvgIpc) is 2.57. The van der Waals surface area contributed by atoms with E-state index < -0.39 is 0 Å². The second-order valence-electron chi connectivity index (χ2n) is 3.53. The fraction of sp³-hybridized carbons (Fsp3) is 0.273. The number of rotatable bonds is 3. The molecule has 0 saturated carbocycles. The van der Waals surface area contributed by atoms with Crippen molar-refractivity contribution < 1.29 is 4.79 Å². The fourth-order valence-electron chi connectivity index (χ4n) is 1.57. The zero-order valence-electron chi connectivity index (χ0n) is 8.58. The number of carbonyl (C=O) groups is 1. The van der Waals surface area contributed by atoms with Crippen LogP contribution in [-0.2, 0) is 0 Å². The van der Waals surface area contributed by atoms with Gasteiger partial charge in [-0.25, -0.2) is 4.98 Å². The molecule has 0 aliphatic carbocycles. The standard InChI is InChI=1S/C11H13N3O/c1-2-3-10(15)7-4-5-8-9(6-7)14-11(12)13-8/h4-6H,2-3H2,1H3,(H3,12,13,14). The van der Waals surface area contributed by atoms with Gasteiger partial charge in [0.25, 0.3) is 0 Å². The number of imidazole rings is 1. The van der Waals surface area contributed by atoms with E-state index in [1.807, 2.05) is 13.0 Å². The topological polar surface area (TPSA) is 71.8 Å². The number of H-pyrrole nitrogens is 1. The van der Waals surface area contributed by atoms with Gasteiger partial charge in [0, 0.05) is 12.0 Å². The molecular weight excluding hydrogens is 190 g/mol. The van der Waals surface area contributed by atoms with Crippen LogP contribution in [0.4, 0.5) is 5.95 Å². The Morgan fingerprint density at radius 3 is 3.07 bits per heavy atom. The molecule has 1 aromatic heterocycles. The van der Waals surface area contributed by atoms with Crippen molar-refractivity contribution in [3.8, 4) is 0 Å². The van der Waals surface area contributed by atoms with E-state index in [0.29, 0.717) is 17.9 Å². The molecule has 0 spiro atoms. The van der Waals surface area contributed by atoms with Crippen LogP contribution in [0.2, 0.25) is 0 Å². The summed E-state index contributed by atoms with van der Waals surface area (Å²) in [5.74, 6) is 0.533. The van der Waals surface area contributed by atoms with E-state index in [1.165, 1.54) is 0 Å². The number of nitrogen functional groups attached to an aromatic ring is 1. The molecule has 2 rings (SSSR count). The number of nitrogens with zero attached hydrogens (tertiary/aromatic N) is 1. The third-order valence-electron chi connectivity index (χ3n) is 2.30. The normalized spacial score (nSPS) is 10.7. The van der Waals surface area contributed by atoms with Gasteiger partial charge in [-0.2, -0.15) is 0 Å². The van der Waals surface area contributed by atoms with Crippen LogP contribution in [0.5, 0.6) is 0 Å². The number of hydrogen-bond acceptors (Lipinski definition) is 3. The van der Waals surface area contributed by atoms with Crippen LogP contribution in [0.25, 0.3) is 11.0 Å². The van der Waals surface area contributed by atoms with Gasteiger partial charge in [-0.15, -0.1) is 0 Å². The summed E-state index contributed by atoms with van der Waals surface area (Å²) in [7, 11) is 0. The van der Waals surface area contributed by atoms with Gasteiger partial charge in [0.05, 0.1) is 11.0 Å².